The van der Waals surface area contributed by atoms with Gasteiger partial charge in [-0.1, -0.05) is 106 Å². The first kappa shape index (κ1) is 33.7. The second-order valence-electron chi connectivity index (χ2n) is 12.6. The zero-order valence-electron chi connectivity index (χ0n) is 27.3. The van der Waals surface area contributed by atoms with Crippen LogP contribution in [-0.2, 0) is 20.4 Å². The van der Waals surface area contributed by atoms with Gasteiger partial charge in [-0.15, -0.1) is 0 Å². The van der Waals surface area contributed by atoms with Crippen LogP contribution in [0.25, 0.3) is 0 Å². The van der Waals surface area contributed by atoms with Crippen molar-refractivity contribution < 1.29 is 24.4 Å². The van der Waals surface area contributed by atoms with Crippen molar-refractivity contribution in [2.45, 2.75) is 89.9 Å². The molecule has 0 spiro atoms. The number of carboxylic acids is 2. The van der Waals surface area contributed by atoms with Crippen molar-refractivity contribution >= 4 is 29.0 Å². The SMILES string of the molecule is CCCCC1(CCCC)\C(=C/C=C/C=C/C=C/C2=[N+](CCC(=O)O)c3ccccc3C2(C)C)N(CCC(=O)O)c2ccccc21. The van der Waals surface area contributed by atoms with Crippen LogP contribution in [-0.4, -0.2) is 45.5 Å². The third-order valence-corrected chi connectivity index (χ3v) is 9.26. The Balaban J connectivity index is 1.63. The third-order valence-electron chi connectivity index (χ3n) is 9.26. The number of aliphatic carboxylic acids is 2. The Hall–Kier alpha value is -4.19. The topological polar surface area (TPSA) is 80.9 Å². The van der Waals surface area contributed by atoms with Crippen LogP contribution >= 0.6 is 0 Å². The molecule has 0 bridgehead atoms. The summed E-state index contributed by atoms with van der Waals surface area (Å²) in [6, 6.07) is 16.8. The van der Waals surface area contributed by atoms with E-state index >= 15 is 0 Å². The zero-order chi connectivity index (χ0) is 32.5. The summed E-state index contributed by atoms with van der Waals surface area (Å²) in [6.07, 6.45) is 21.1. The highest BCUT2D eigenvalue weighted by atomic mass is 16.4. The molecule has 2 N–H and O–H groups in total. The Morgan fingerprint density at radius 2 is 1.40 bits per heavy atom. The Bertz CT molecular complexity index is 1520. The number of allylic oxidation sites excluding steroid dienone is 8. The van der Waals surface area contributed by atoms with Crippen molar-refractivity contribution in [3.05, 3.63) is 108 Å². The van der Waals surface area contributed by atoms with E-state index in [-0.39, 0.29) is 23.7 Å². The summed E-state index contributed by atoms with van der Waals surface area (Å²) in [4.78, 5) is 25.2. The quantitative estimate of drug-likeness (QED) is 0.147. The van der Waals surface area contributed by atoms with Gasteiger partial charge in [-0.05, 0) is 44.4 Å². The van der Waals surface area contributed by atoms with Gasteiger partial charge in [-0.2, -0.15) is 4.58 Å². The Labute approximate surface area is 268 Å². The van der Waals surface area contributed by atoms with E-state index in [1.165, 1.54) is 16.8 Å². The van der Waals surface area contributed by atoms with Crippen LogP contribution in [0.4, 0.5) is 11.4 Å². The number of hydrogen-bond acceptors (Lipinski definition) is 3. The molecule has 0 saturated carbocycles. The van der Waals surface area contributed by atoms with Crippen LogP contribution in [0.5, 0.6) is 0 Å². The number of rotatable bonds is 16. The number of carboxylic acid groups (broad SMARTS) is 2. The number of nitrogens with zero attached hydrogens (tertiary/aromatic N) is 2. The lowest BCUT2D eigenvalue weighted by molar-refractivity contribution is -0.436. The predicted molar refractivity (Wildman–Crippen MR) is 184 cm³/mol. The standard InChI is InChI=1S/C39H48N2O4/c1-5-7-26-39(27-8-6-2)31-19-15-17-21-33(31)41(29-25-37(44)45)35(39)23-13-11-9-10-12-22-34-38(3,4)30-18-14-16-20-32(30)40(34)28-24-36(42)43/h9-23H,5-8,24-29H2,1-4H3,(H-,42,43,44,45)/p+1. The van der Waals surface area contributed by atoms with Gasteiger partial charge in [0.25, 0.3) is 0 Å². The second-order valence-corrected chi connectivity index (χ2v) is 12.6. The van der Waals surface area contributed by atoms with E-state index in [9.17, 15) is 19.8 Å². The highest BCUT2D eigenvalue weighted by Gasteiger charge is 2.46. The van der Waals surface area contributed by atoms with Gasteiger partial charge >= 0.3 is 11.9 Å². The molecule has 0 fully saturated rings. The lowest BCUT2D eigenvalue weighted by Gasteiger charge is -2.34. The fraction of sp³-hybridized carbons (Fsp3) is 0.410. The molecule has 0 radical (unpaired) electrons. The molecule has 6 nitrogen and oxygen atoms in total. The van der Waals surface area contributed by atoms with Crippen molar-refractivity contribution in [3.8, 4) is 0 Å². The normalized spacial score (nSPS) is 17.7. The van der Waals surface area contributed by atoms with Gasteiger partial charge in [0.15, 0.2) is 12.3 Å². The summed E-state index contributed by atoms with van der Waals surface area (Å²) in [6.45, 7) is 9.69. The van der Waals surface area contributed by atoms with E-state index in [4.69, 9.17) is 0 Å². The molecule has 2 aromatic carbocycles. The minimum Gasteiger partial charge on any atom is -0.481 e. The van der Waals surface area contributed by atoms with Crippen molar-refractivity contribution in [2.75, 3.05) is 18.0 Å². The minimum absolute atomic E-state index is 0.0698. The van der Waals surface area contributed by atoms with Crippen LogP contribution in [0.15, 0.2) is 96.8 Å². The number of para-hydroxylation sites is 2. The molecule has 0 aromatic heterocycles. The monoisotopic (exact) mass is 609 g/mol. The molecular weight excluding hydrogens is 560 g/mol. The van der Waals surface area contributed by atoms with Crippen molar-refractivity contribution in [3.63, 3.8) is 0 Å². The Kier molecular flexibility index (Phi) is 11.4. The van der Waals surface area contributed by atoms with E-state index in [0.717, 1.165) is 55.6 Å². The molecular formula is C39H49N2O4+. The molecule has 45 heavy (non-hydrogen) atoms. The van der Waals surface area contributed by atoms with Crippen molar-refractivity contribution in [1.82, 2.24) is 0 Å². The number of anilines is 1. The molecule has 2 heterocycles. The third kappa shape index (κ3) is 7.38. The largest absolute Gasteiger partial charge is 0.481 e. The minimum atomic E-state index is -0.806. The summed E-state index contributed by atoms with van der Waals surface area (Å²) in [7, 11) is 0. The zero-order valence-corrected chi connectivity index (χ0v) is 27.3. The molecule has 238 valence electrons. The lowest BCUT2D eigenvalue weighted by Crippen LogP contribution is -2.32. The molecule has 0 saturated heterocycles. The molecule has 6 heteroatoms. The van der Waals surface area contributed by atoms with Gasteiger partial charge in [0.1, 0.15) is 6.42 Å². The first-order valence-electron chi connectivity index (χ1n) is 16.4. The molecule has 4 rings (SSSR count). The second kappa shape index (κ2) is 15.2. The molecule has 0 atom stereocenters. The van der Waals surface area contributed by atoms with E-state index in [0.29, 0.717) is 13.1 Å². The number of hydrogen-bond donors (Lipinski definition) is 2. The molecule has 0 aliphatic carbocycles. The highest BCUT2D eigenvalue weighted by molar-refractivity contribution is 6.03. The number of unbranched alkanes of at least 4 members (excludes halogenated alkanes) is 2. The first-order valence-corrected chi connectivity index (χ1v) is 16.4. The molecule has 2 aliphatic heterocycles. The van der Waals surface area contributed by atoms with Crippen molar-refractivity contribution in [2.24, 2.45) is 0 Å². The lowest BCUT2D eigenvalue weighted by atomic mass is 9.72. The van der Waals surface area contributed by atoms with Gasteiger partial charge in [0, 0.05) is 41.1 Å². The predicted octanol–water partition coefficient (Wildman–Crippen LogP) is 8.70. The smallest absolute Gasteiger partial charge is 0.309 e. The van der Waals surface area contributed by atoms with E-state index in [2.05, 4.69) is 91.8 Å². The fourth-order valence-corrected chi connectivity index (χ4v) is 7.02. The van der Waals surface area contributed by atoms with Gasteiger partial charge < -0.3 is 15.1 Å². The van der Waals surface area contributed by atoms with Crippen molar-refractivity contribution in [1.29, 1.82) is 0 Å². The molecule has 2 aliphatic rings. The van der Waals surface area contributed by atoms with Crippen LogP contribution in [0.2, 0.25) is 0 Å². The molecule has 2 aromatic rings. The van der Waals surface area contributed by atoms with Gasteiger partial charge in [0.05, 0.1) is 11.8 Å². The van der Waals surface area contributed by atoms with E-state index < -0.39 is 11.9 Å². The van der Waals surface area contributed by atoms with E-state index in [1.807, 2.05) is 36.4 Å². The number of carbonyl (C=O) groups is 2. The van der Waals surface area contributed by atoms with Gasteiger partial charge in [0.2, 0.25) is 5.69 Å². The first-order chi connectivity index (χ1) is 21.7. The Morgan fingerprint density at radius 1 is 0.800 bits per heavy atom. The summed E-state index contributed by atoms with van der Waals surface area (Å²) >= 11 is 0. The van der Waals surface area contributed by atoms with Gasteiger partial charge in [-0.3, -0.25) is 9.59 Å². The van der Waals surface area contributed by atoms with E-state index in [1.54, 1.807) is 0 Å². The average molecular weight is 610 g/mol. The average Bonchev–Trinajstić information content (AvgIpc) is 3.40. The highest BCUT2D eigenvalue weighted by Crippen LogP contribution is 2.53. The van der Waals surface area contributed by atoms with Crippen LogP contribution < -0.4 is 4.90 Å². The number of fused-ring (bicyclic) bond motifs is 2. The van der Waals surface area contributed by atoms with Crippen LogP contribution in [0.3, 0.4) is 0 Å². The maximum Gasteiger partial charge on any atom is 0.309 e. The summed E-state index contributed by atoms with van der Waals surface area (Å²) in [5.74, 6) is -1.59. The maximum atomic E-state index is 11.6. The Morgan fingerprint density at radius 3 is 2.07 bits per heavy atom. The summed E-state index contributed by atoms with van der Waals surface area (Å²) < 4.78 is 2.13. The number of benzene rings is 2. The van der Waals surface area contributed by atoms with Gasteiger partial charge in [-0.25, -0.2) is 0 Å². The fourth-order valence-electron chi connectivity index (χ4n) is 7.02. The molecule has 0 unspecified atom stereocenters. The summed E-state index contributed by atoms with van der Waals surface area (Å²) in [5.41, 5.74) is 6.63. The van der Waals surface area contributed by atoms with Crippen LogP contribution in [0, 0.1) is 0 Å². The maximum absolute atomic E-state index is 11.6. The summed E-state index contributed by atoms with van der Waals surface area (Å²) in [5, 5.41) is 18.9. The van der Waals surface area contributed by atoms with Crippen LogP contribution in [0.1, 0.15) is 90.2 Å². The molecule has 0 amide bonds.